The lowest BCUT2D eigenvalue weighted by Gasteiger charge is -2.27. The summed E-state index contributed by atoms with van der Waals surface area (Å²) in [6.45, 7) is 6.30. The second-order valence-electron chi connectivity index (χ2n) is 4.57. The normalized spacial score (nSPS) is 14.1. The van der Waals surface area contributed by atoms with Gasteiger partial charge in [-0.1, -0.05) is 20.8 Å². The van der Waals surface area contributed by atoms with Crippen LogP contribution in [-0.2, 0) is 7.05 Å². The van der Waals surface area contributed by atoms with Crippen molar-refractivity contribution in [3.8, 4) is 5.75 Å². The average molecular weight is 197 g/mol. The van der Waals surface area contributed by atoms with Crippen LogP contribution in [0.25, 0.3) is 0 Å². The van der Waals surface area contributed by atoms with Crippen LogP contribution in [0.2, 0.25) is 0 Å². The fourth-order valence-electron chi connectivity index (χ4n) is 1.35. The molecule has 4 nitrogen and oxygen atoms in total. The molecule has 2 N–H and O–H groups in total. The lowest BCUT2D eigenvalue weighted by atomic mass is 9.85. The first-order valence-electron chi connectivity index (χ1n) is 4.69. The Labute approximate surface area is 85.0 Å². The monoisotopic (exact) mass is 197 g/mol. The van der Waals surface area contributed by atoms with Crippen LogP contribution in [0, 0.1) is 5.41 Å². The van der Waals surface area contributed by atoms with Gasteiger partial charge in [-0.05, 0) is 5.41 Å². The number of methoxy groups -OCH3 is 1. The molecule has 0 radical (unpaired) electrons. The maximum atomic E-state index is 6.15. The van der Waals surface area contributed by atoms with Crippen molar-refractivity contribution in [2.24, 2.45) is 18.2 Å². The first kappa shape index (κ1) is 11.0. The molecule has 80 valence electrons. The molecular formula is C10H19N3O. The Hall–Kier alpha value is -1.03. The molecule has 1 atom stereocenters. The zero-order valence-electron chi connectivity index (χ0n) is 9.53. The number of aryl methyl sites for hydroxylation is 1. The van der Waals surface area contributed by atoms with Crippen LogP contribution in [-0.4, -0.2) is 16.9 Å². The molecule has 0 aromatic carbocycles. The first-order chi connectivity index (χ1) is 6.38. The highest BCUT2D eigenvalue weighted by atomic mass is 16.5. The van der Waals surface area contributed by atoms with Crippen LogP contribution in [0.1, 0.15) is 32.5 Å². The van der Waals surface area contributed by atoms with Gasteiger partial charge in [0.15, 0.2) is 5.75 Å². The number of ether oxygens (including phenoxy) is 1. The summed E-state index contributed by atoms with van der Waals surface area (Å²) in [5, 5.41) is 4.13. The SMILES string of the molecule is COc1cnn(C)c1C(N)C(C)(C)C. The molecule has 0 aliphatic heterocycles. The fourth-order valence-corrected chi connectivity index (χ4v) is 1.35. The predicted molar refractivity (Wildman–Crippen MR) is 56.1 cm³/mol. The van der Waals surface area contributed by atoms with Gasteiger partial charge in [-0.2, -0.15) is 5.10 Å². The number of aromatic nitrogens is 2. The highest BCUT2D eigenvalue weighted by Gasteiger charge is 2.27. The third-order valence-electron chi connectivity index (χ3n) is 2.40. The molecule has 0 aliphatic carbocycles. The zero-order chi connectivity index (χ0) is 10.9. The van der Waals surface area contributed by atoms with E-state index in [1.807, 2.05) is 7.05 Å². The molecule has 0 aliphatic rings. The van der Waals surface area contributed by atoms with E-state index in [0.29, 0.717) is 0 Å². The van der Waals surface area contributed by atoms with E-state index in [-0.39, 0.29) is 11.5 Å². The van der Waals surface area contributed by atoms with Crippen molar-refractivity contribution in [3.63, 3.8) is 0 Å². The molecule has 0 amide bonds. The molecule has 1 aromatic heterocycles. The Bertz CT molecular complexity index is 312. The van der Waals surface area contributed by atoms with E-state index >= 15 is 0 Å². The van der Waals surface area contributed by atoms with E-state index in [9.17, 15) is 0 Å². The third-order valence-corrected chi connectivity index (χ3v) is 2.40. The lowest BCUT2D eigenvalue weighted by Crippen LogP contribution is -2.28. The van der Waals surface area contributed by atoms with Crippen LogP contribution in [0.4, 0.5) is 0 Å². The van der Waals surface area contributed by atoms with Gasteiger partial charge < -0.3 is 10.5 Å². The summed E-state index contributed by atoms with van der Waals surface area (Å²) in [6, 6.07) is -0.0788. The van der Waals surface area contributed by atoms with E-state index in [2.05, 4.69) is 25.9 Å². The van der Waals surface area contributed by atoms with Gasteiger partial charge in [0, 0.05) is 7.05 Å². The van der Waals surface area contributed by atoms with Crippen molar-refractivity contribution in [2.45, 2.75) is 26.8 Å². The van der Waals surface area contributed by atoms with E-state index < -0.39 is 0 Å². The lowest BCUT2D eigenvalue weighted by molar-refractivity contribution is 0.302. The van der Waals surface area contributed by atoms with Crippen molar-refractivity contribution >= 4 is 0 Å². The Morgan fingerprint density at radius 2 is 2.07 bits per heavy atom. The van der Waals surface area contributed by atoms with Gasteiger partial charge in [-0.25, -0.2) is 0 Å². The van der Waals surface area contributed by atoms with E-state index in [1.54, 1.807) is 18.0 Å². The largest absolute Gasteiger partial charge is 0.493 e. The molecule has 0 saturated carbocycles. The molecule has 0 fully saturated rings. The number of nitrogens with zero attached hydrogens (tertiary/aromatic N) is 2. The van der Waals surface area contributed by atoms with Gasteiger partial charge in [-0.3, -0.25) is 4.68 Å². The highest BCUT2D eigenvalue weighted by Crippen LogP contribution is 2.34. The minimum atomic E-state index is -0.0788. The smallest absolute Gasteiger partial charge is 0.161 e. The molecule has 14 heavy (non-hydrogen) atoms. The number of hydrogen-bond donors (Lipinski definition) is 1. The van der Waals surface area contributed by atoms with Gasteiger partial charge in [0.05, 0.1) is 25.0 Å². The zero-order valence-corrected chi connectivity index (χ0v) is 9.53. The molecule has 1 rings (SSSR count). The Morgan fingerprint density at radius 3 is 2.50 bits per heavy atom. The van der Waals surface area contributed by atoms with E-state index in [0.717, 1.165) is 11.4 Å². The molecule has 1 unspecified atom stereocenters. The quantitative estimate of drug-likeness (QED) is 0.781. The number of hydrogen-bond acceptors (Lipinski definition) is 3. The van der Waals surface area contributed by atoms with Gasteiger partial charge in [0.2, 0.25) is 0 Å². The van der Waals surface area contributed by atoms with Crippen LogP contribution in [0.3, 0.4) is 0 Å². The van der Waals surface area contributed by atoms with E-state index in [4.69, 9.17) is 10.5 Å². The highest BCUT2D eigenvalue weighted by molar-refractivity contribution is 5.28. The summed E-state index contributed by atoms with van der Waals surface area (Å²) in [5.74, 6) is 0.759. The molecule has 0 bridgehead atoms. The Kier molecular flexibility index (Phi) is 2.85. The summed E-state index contributed by atoms with van der Waals surface area (Å²) in [5.41, 5.74) is 7.10. The van der Waals surface area contributed by atoms with Crippen molar-refractivity contribution < 1.29 is 4.74 Å². The minimum Gasteiger partial charge on any atom is -0.493 e. The molecule has 1 heterocycles. The van der Waals surface area contributed by atoms with Crippen LogP contribution in [0.5, 0.6) is 5.75 Å². The Balaban J connectivity index is 3.11. The van der Waals surface area contributed by atoms with Crippen LogP contribution in [0.15, 0.2) is 6.20 Å². The van der Waals surface area contributed by atoms with Crippen molar-refractivity contribution in [3.05, 3.63) is 11.9 Å². The maximum Gasteiger partial charge on any atom is 0.161 e. The molecular weight excluding hydrogens is 178 g/mol. The maximum absolute atomic E-state index is 6.15. The standard InChI is InChI=1S/C10H19N3O/c1-10(2,3)9(11)8-7(14-5)6-12-13(8)4/h6,9H,11H2,1-5H3. The Morgan fingerprint density at radius 1 is 1.50 bits per heavy atom. The minimum absolute atomic E-state index is 0.00106. The number of nitrogens with two attached hydrogens (primary N) is 1. The van der Waals surface area contributed by atoms with Crippen molar-refractivity contribution in [2.75, 3.05) is 7.11 Å². The third kappa shape index (κ3) is 1.90. The van der Waals surface area contributed by atoms with Gasteiger partial charge in [0.1, 0.15) is 0 Å². The second-order valence-corrected chi connectivity index (χ2v) is 4.57. The van der Waals surface area contributed by atoms with E-state index in [1.165, 1.54) is 0 Å². The summed E-state index contributed by atoms with van der Waals surface area (Å²) < 4.78 is 6.99. The average Bonchev–Trinajstić information content (AvgIpc) is 2.43. The molecule has 0 spiro atoms. The molecule has 0 saturated heterocycles. The second kappa shape index (κ2) is 3.61. The topological polar surface area (TPSA) is 53.1 Å². The van der Waals surface area contributed by atoms with Crippen molar-refractivity contribution in [1.29, 1.82) is 0 Å². The van der Waals surface area contributed by atoms with Gasteiger partial charge >= 0.3 is 0 Å². The summed E-state index contributed by atoms with van der Waals surface area (Å²) >= 11 is 0. The first-order valence-corrected chi connectivity index (χ1v) is 4.69. The molecule has 4 heteroatoms. The number of rotatable bonds is 2. The molecule has 1 aromatic rings. The van der Waals surface area contributed by atoms with Crippen LogP contribution < -0.4 is 10.5 Å². The van der Waals surface area contributed by atoms with Gasteiger partial charge in [0.25, 0.3) is 0 Å². The van der Waals surface area contributed by atoms with Crippen molar-refractivity contribution in [1.82, 2.24) is 9.78 Å². The summed E-state index contributed by atoms with van der Waals surface area (Å²) in [7, 11) is 3.51. The van der Waals surface area contributed by atoms with Crippen LogP contribution >= 0.6 is 0 Å². The summed E-state index contributed by atoms with van der Waals surface area (Å²) in [6.07, 6.45) is 1.70. The fraction of sp³-hybridized carbons (Fsp3) is 0.700. The predicted octanol–water partition coefficient (Wildman–Crippen LogP) is 1.47. The summed E-state index contributed by atoms with van der Waals surface area (Å²) in [4.78, 5) is 0. The van der Waals surface area contributed by atoms with Gasteiger partial charge in [-0.15, -0.1) is 0 Å².